The Kier molecular flexibility index (Phi) is 3.48. The van der Waals surface area contributed by atoms with Gasteiger partial charge in [0.2, 0.25) is 0 Å². The van der Waals surface area contributed by atoms with Gasteiger partial charge in [0, 0.05) is 16.8 Å². The van der Waals surface area contributed by atoms with Crippen LogP contribution in [0.3, 0.4) is 0 Å². The lowest BCUT2D eigenvalue weighted by Gasteiger charge is -2.08. The highest BCUT2D eigenvalue weighted by Gasteiger charge is 2.10. The van der Waals surface area contributed by atoms with Gasteiger partial charge in [0.05, 0.1) is 17.3 Å². The van der Waals surface area contributed by atoms with Crippen LogP contribution >= 0.6 is 0 Å². The molecule has 0 saturated heterocycles. The number of rotatable bonds is 4. The lowest BCUT2D eigenvalue weighted by atomic mass is 10.2. The molecule has 0 aliphatic rings. The second-order valence-corrected chi connectivity index (χ2v) is 4.68. The fourth-order valence-electron chi connectivity index (χ4n) is 2.19. The van der Waals surface area contributed by atoms with Crippen LogP contribution in [0.1, 0.15) is 10.4 Å². The fourth-order valence-corrected chi connectivity index (χ4v) is 2.19. The molecule has 0 fully saturated rings. The van der Waals surface area contributed by atoms with Crippen LogP contribution in [-0.2, 0) is 6.73 Å². The van der Waals surface area contributed by atoms with Gasteiger partial charge in [-0.15, -0.1) is 0 Å². The first-order chi connectivity index (χ1) is 10.6. The molecule has 0 bridgehead atoms. The molecular formula is C15H12FN3O3. The molecule has 112 valence electrons. The molecule has 3 rings (SSSR count). The Morgan fingerprint density at radius 2 is 1.95 bits per heavy atom. The van der Waals surface area contributed by atoms with Crippen LogP contribution in [0.25, 0.3) is 10.9 Å². The quantitative estimate of drug-likeness (QED) is 0.689. The van der Waals surface area contributed by atoms with E-state index in [9.17, 15) is 14.3 Å². The molecule has 22 heavy (non-hydrogen) atoms. The van der Waals surface area contributed by atoms with Crippen LogP contribution in [0.5, 0.6) is 0 Å². The normalized spacial score (nSPS) is 10.8. The van der Waals surface area contributed by atoms with Gasteiger partial charge < -0.3 is 15.5 Å². The lowest BCUT2D eigenvalue weighted by molar-refractivity contribution is 0.0692. The summed E-state index contributed by atoms with van der Waals surface area (Å²) < 4.78 is 15.1. The fraction of sp³-hybridized carbons (Fsp3) is 0.0667. The minimum Gasteiger partial charge on any atom is -0.478 e. The van der Waals surface area contributed by atoms with Gasteiger partial charge in [0.25, 0.3) is 0 Å². The number of fused-ring (bicyclic) bond motifs is 1. The second-order valence-electron chi connectivity index (χ2n) is 4.68. The molecule has 3 N–H and O–H groups in total. The highest BCUT2D eigenvalue weighted by molar-refractivity contribution is 5.89. The molecular weight excluding hydrogens is 289 g/mol. The molecule has 3 aromatic rings. The maximum Gasteiger partial charge on any atom is 0.338 e. The Hall–Kier alpha value is -2.93. The van der Waals surface area contributed by atoms with E-state index in [4.69, 9.17) is 5.11 Å². The summed E-state index contributed by atoms with van der Waals surface area (Å²) in [5, 5.41) is 25.9. The van der Waals surface area contributed by atoms with Gasteiger partial charge >= 0.3 is 5.97 Å². The highest BCUT2D eigenvalue weighted by atomic mass is 19.1. The number of aromatic nitrogens is 2. The number of carboxylic acid groups (broad SMARTS) is 1. The van der Waals surface area contributed by atoms with Gasteiger partial charge in [-0.25, -0.2) is 13.9 Å². The van der Waals surface area contributed by atoms with E-state index in [0.29, 0.717) is 11.4 Å². The van der Waals surface area contributed by atoms with Crippen molar-refractivity contribution in [1.29, 1.82) is 0 Å². The van der Waals surface area contributed by atoms with E-state index in [1.807, 2.05) is 6.07 Å². The number of hydrogen-bond donors (Lipinski definition) is 3. The number of benzene rings is 2. The van der Waals surface area contributed by atoms with Crippen LogP contribution in [0.2, 0.25) is 0 Å². The average Bonchev–Trinajstić information content (AvgIpc) is 2.89. The number of hydrogen-bond acceptors (Lipinski definition) is 4. The summed E-state index contributed by atoms with van der Waals surface area (Å²) in [6.45, 7) is -0.241. The SMILES string of the molecule is O=C(O)c1ccc(Nc2ccc3cnn(CO)c3c2)cc1F. The zero-order valence-corrected chi connectivity index (χ0v) is 11.3. The van der Waals surface area contributed by atoms with Gasteiger partial charge in [-0.3, -0.25) is 0 Å². The first-order valence-electron chi connectivity index (χ1n) is 6.45. The standard InChI is InChI=1S/C15H12FN3O3/c16-13-5-10(3-4-12(13)15(21)22)18-11-2-1-9-7-17-19(8-20)14(9)6-11/h1-7,18,20H,8H2,(H,21,22). The molecule has 0 unspecified atom stereocenters. The number of aliphatic hydroxyl groups is 1. The third-order valence-electron chi connectivity index (χ3n) is 3.27. The van der Waals surface area contributed by atoms with Crippen LogP contribution in [0.15, 0.2) is 42.6 Å². The van der Waals surface area contributed by atoms with Crippen molar-refractivity contribution in [3.8, 4) is 0 Å². The minimum atomic E-state index is -1.31. The molecule has 0 radical (unpaired) electrons. The maximum absolute atomic E-state index is 13.7. The molecule has 0 aliphatic heterocycles. The third-order valence-corrected chi connectivity index (χ3v) is 3.27. The molecule has 6 nitrogen and oxygen atoms in total. The molecule has 0 spiro atoms. The highest BCUT2D eigenvalue weighted by Crippen LogP contribution is 2.23. The zero-order valence-electron chi connectivity index (χ0n) is 11.3. The van der Waals surface area contributed by atoms with Crippen LogP contribution in [0.4, 0.5) is 15.8 Å². The first kappa shape index (κ1) is 14.0. The van der Waals surface area contributed by atoms with Gasteiger partial charge in [-0.2, -0.15) is 5.10 Å². The van der Waals surface area contributed by atoms with Gasteiger partial charge in [0.15, 0.2) is 0 Å². The molecule has 1 heterocycles. The topological polar surface area (TPSA) is 87.4 Å². The number of halogens is 1. The minimum absolute atomic E-state index is 0.241. The number of nitrogens with zero attached hydrogens (tertiary/aromatic N) is 2. The number of carbonyl (C=O) groups is 1. The summed E-state index contributed by atoms with van der Waals surface area (Å²) in [4.78, 5) is 10.8. The van der Waals surface area contributed by atoms with Crippen molar-refractivity contribution in [2.75, 3.05) is 5.32 Å². The number of anilines is 2. The molecule has 0 amide bonds. The first-order valence-corrected chi connectivity index (χ1v) is 6.45. The molecule has 0 saturated carbocycles. The Bertz CT molecular complexity index is 860. The summed E-state index contributed by atoms with van der Waals surface area (Å²) in [5.74, 6) is -2.11. The van der Waals surface area contributed by atoms with Crippen molar-refractivity contribution in [3.63, 3.8) is 0 Å². The Balaban J connectivity index is 1.92. The summed E-state index contributed by atoms with van der Waals surface area (Å²) in [5.41, 5.74) is 1.46. The van der Waals surface area contributed by atoms with Crippen molar-refractivity contribution in [2.45, 2.75) is 6.73 Å². The average molecular weight is 301 g/mol. The van der Waals surface area contributed by atoms with Crippen molar-refractivity contribution in [1.82, 2.24) is 9.78 Å². The lowest BCUT2D eigenvalue weighted by Crippen LogP contribution is -2.01. The van der Waals surface area contributed by atoms with Crippen molar-refractivity contribution >= 4 is 28.2 Å². The van der Waals surface area contributed by atoms with E-state index in [0.717, 1.165) is 17.0 Å². The van der Waals surface area contributed by atoms with Gasteiger partial charge in [-0.05, 0) is 36.4 Å². The van der Waals surface area contributed by atoms with Crippen molar-refractivity contribution in [3.05, 3.63) is 54.0 Å². The summed E-state index contributed by atoms with van der Waals surface area (Å²) in [6, 6.07) is 9.18. The van der Waals surface area contributed by atoms with E-state index in [1.165, 1.54) is 16.8 Å². The molecule has 0 atom stereocenters. The Morgan fingerprint density at radius 3 is 2.64 bits per heavy atom. The van der Waals surface area contributed by atoms with E-state index >= 15 is 0 Å². The number of aromatic carboxylic acids is 1. The third kappa shape index (κ3) is 2.49. The van der Waals surface area contributed by atoms with Gasteiger partial charge in [0.1, 0.15) is 12.5 Å². The zero-order chi connectivity index (χ0) is 15.7. The van der Waals surface area contributed by atoms with Crippen LogP contribution in [0, 0.1) is 5.82 Å². The van der Waals surface area contributed by atoms with E-state index in [1.54, 1.807) is 18.3 Å². The van der Waals surface area contributed by atoms with Gasteiger partial charge in [-0.1, -0.05) is 0 Å². The summed E-state index contributed by atoms with van der Waals surface area (Å²) in [6.07, 6.45) is 1.64. The monoisotopic (exact) mass is 301 g/mol. The van der Waals surface area contributed by atoms with E-state index in [2.05, 4.69) is 10.4 Å². The smallest absolute Gasteiger partial charge is 0.338 e. The number of nitrogens with one attached hydrogen (secondary N) is 1. The Labute approximate surface area is 124 Å². The molecule has 7 heteroatoms. The maximum atomic E-state index is 13.7. The van der Waals surface area contributed by atoms with Crippen LogP contribution in [-0.4, -0.2) is 26.0 Å². The molecule has 1 aromatic heterocycles. The summed E-state index contributed by atoms with van der Waals surface area (Å²) >= 11 is 0. The second kappa shape index (κ2) is 5.45. The van der Waals surface area contributed by atoms with E-state index < -0.39 is 11.8 Å². The largest absolute Gasteiger partial charge is 0.478 e. The number of aliphatic hydroxyl groups excluding tert-OH is 1. The van der Waals surface area contributed by atoms with Crippen molar-refractivity contribution < 1.29 is 19.4 Å². The predicted molar refractivity (Wildman–Crippen MR) is 78.6 cm³/mol. The molecule has 2 aromatic carbocycles. The molecule has 0 aliphatic carbocycles. The van der Waals surface area contributed by atoms with Crippen LogP contribution < -0.4 is 5.32 Å². The Morgan fingerprint density at radius 1 is 1.23 bits per heavy atom. The van der Waals surface area contributed by atoms with E-state index in [-0.39, 0.29) is 12.3 Å². The number of carboxylic acids is 1. The predicted octanol–water partition coefficient (Wildman–Crippen LogP) is 2.57. The summed E-state index contributed by atoms with van der Waals surface area (Å²) in [7, 11) is 0. The van der Waals surface area contributed by atoms with Crippen molar-refractivity contribution in [2.24, 2.45) is 0 Å².